The Bertz CT molecular complexity index is 1020. The second-order valence-electron chi connectivity index (χ2n) is 6.98. The molecule has 0 aliphatic heterocycles. The van der Waals surface area contributed by atoms with Gasteiger partial charge in [-0.2, -0.15) is 14.9 Å². The van der Waals surface area contributed by atoms with Gasteiger partial charge in [0, 0.05) is 25.8 Å². The van der Waals surface area contributed by atoms with Crippen molar-refractivity contribution in [1.29, 1.82) is 0 Å². The Morgan fingerprint density at radius 2 is 1.82 bits per heavy atom. The SMILES string of the molecule is Cc1cc(C)n(CCCN(C)C(=O)Cn2c(C)nn(-c3ccccc3)c2=O)n1. The molecule has 0 N–H and O–H groups in total. The van der Waals surface area contributed by atoms with Crippen molar-refractivity contribution in [2.45, 2.75) is 40.3 Å². The number of rotatable bonds is 7. The highest BCUT2D eigenvalue weighted by atomic mass is 16.2. The lowest BCUT2D eigenvalue weighted by Gasteiger charge is -2.17. The fraction of sp³-hybridized carbons (Fsp3) is 0.400. The molecule has 28 heavy (non-hydrogen) atoms. The molecule has 2 aromatic heterocycles. The third-order valence-corrected chi connectivity index (χ3v) is 4.73. The van der Waals surface area contributed by atoms with E-state index in [-0.39, 0.29) is 18.1 Å². The molecule has 0 unspecified atom stereocenters. The average molecular weight is 382 g/mol. The Morgan fingerprint density at radius 1 is 1.11 bits per heavy atom. The summed E-state index contributed by atoms with van der Waals surface area (Å²) in [5, 5.41) is 8.72. The standard InChI is InChI=1S/C20H26N6O2/c1-15-13-16(2)25(21-15)12-8-11-23(4)19(27)14-24-17(3)22-26(20(24)28)18-9-6-5-7-10-18/h5-7,9-10,13H,8,11-12,14H2,1-4H3. The lowest BCUT2D eigenvalue weighted by molar-refractivity contribution is -0.130. The predicted molar refractivity (Wildman–Crippen MR) is 107 cm³/mol. The van der Waals surface area contributed by atoms with E-state index in [0.717, 1.165) is 24.4 Å². The quantitative estimate of drug-likeness (QED) is 0.623. The van der Waals surface area contributed by atoms with Crippen LogP contribution in [0, 0.1) is 20.8 Å². The van der Waals surface area contributed by atoms with Gasteiger partial charge in [0.05, 0.1) is 11.4 Å². The molecule has 0 aliphatic rings. The van der Waals surface area contributed by atoms with Crippen molar-refractivity contribution in [3.8, 4) is 5.69 Å². The summed E-state index contributed by atoms with van der Waals surface area (Å²) in [5.74, 6) is 0.393. The first-order valence-corrected chi connectivity index (χ1v) is 9.33. The number of hydrogen-bond donors (Lipinski definition) is 0. The van der Waals surface area contributed by atoms with Crippen molar-refractivity contribution >= 4 is 5.91 Å². The summed E-state index contributed by atoms with van der Waals surface area (Å²) in [6.45, 7) is 7.05. The molecule has 0 aliphatic carbocycles. The summed E-state index contributed by atoms with van der Waals surface area (Å²) in [5.41, 5.74) is 2.47. The Labute approximate surface area is 164 Å². The first-order valence-electron chi connectivity index (χ1n) is 9.33. The Hall–Kier alpha value is -3.16. The third-order valence-electron chi connectivity index (χ3n) is 4.73. The van der Waals surface area contributed by atoms with Gasteiger partial charge in [0.15, 0.2) is 0 Å². The maximum Gasteiger partial charge on any atom is 0.351 e. The van der Waals surface area contributed by atoms with Gasteiger partial charge in [0.25, 0.3) is 0 Å². The van der Waals surface area contributed by atoms with E-state index in [1.54, 1.807) is 18.9 Å². The van der Waals surface area contributed by atoms with Crippen LogP contribution in [-0.2, 0) is 17.9 Å². The molecule has 3 aromatic rings. The van der Waals surface area contributed by atoms with Crippen molar-refractivity contribution in [2.24, 2.45) is 0 Å². The molecule has 8 nitrogen and oxygen atoms in total. The molecule has 0 spiro atoms. The number of nitrogens with zero attached hydrogens (tertiary/aromatic N) is 6. The Morgan fingerprint density at radius 3 is 2.46 bits per heavy atom. The number of para-hydroxylation sites is 1. The van der Waals surface area contributed by atoms with Crippen LogP contribution in [0.15, 0.2) is 41.2 Å². The summed E-state index contributed by atoms with van der Waals surface area (Å²) in [6, 6.07) is 11.2. The van der Waals surface area contributed by atoms with Crippen LogP contribution in [0.3, 0.4) is 0 Å². The van der Waals surface area contributed by atoms with Gasteiger partial charge in [-0.1, -0.05) is 18.2 Å². The lowest BCUT2D eigenvalue weighted by atomic mass is 10.3. The molecular formula is C20H26N6O2. The number of hydrogen-bond acceptors (Lipinski definition) is 4. The highest BCUT2D eigenvalue weighted by Gasteiger charge is 2.16. The lowest BCUT2D eigenvalue weighted by Crippen LogP contribution is -2.35. The predicted octanol–water partition coefficient (Wildman–Crippen LogP) is 1.70. The highest BCUT2D eigenvalue weighted by molar-refractivity contribution is 5.75. The number of carbonyl (C=O) groups is 1. The van der Waals surface area contributed by atoms with Gasteiger partial charge in [-0.25, -0.2) is 4.79 Å². The van der Waals surface area contributed by atoms with E-state index < -0.39 is 0 Å². The van der Waals surface area contributed by atoms with Crippen molar-refractivity contribution in [1.82, 2.24) is 29.0 Å². The molecule has 0 fully saturated rings. The van der Waals surface area contributed by atoms with Crippen molar-refractivity contribution < 1.29 is 4.79 Å². The minimum absolute atomic E-state index is 0.0199. The van der Waals surface area contributed by atoms with Gasteiger partial charge < -0.3 is 4.90 Å². The van der Waals surface area contributed by atoms with Gasteiger partial charge in [-0.3, -0.25) is 14.0 Å². The smallest absolute Gasteiger partial charge is 0.344 e. The summed E-state index contributed by atoms with van der Waals surface area (Å²) in [7, 11) is 1.76. The number of likely N-dealkylation sites (N-methyl/N-ethyl adjacent to an activating group) is 1. The van der Waals surface area contributed by atoms with Crippen molar-refractivity contribution in [2.75, 3.05) is 13.6 Å². The van der Waals surface area contributed by atoms with Gasteiger partial charge >= 0.3 is 5.69 Å². The van der Waals surface area contributed by atoms with E-state index in [2.05, 4.69) is 10.2 Å². The molecule has 0 radical (unpaired) electrons. The zero-order chi connectivity index (χ0) is 20.3. The molecule has 148 valence electrons. The fourth-order valence-corrected chi connectivity index (χ4v) is 3.15. The highest BCUT2D eigenvalue weighted by Crippen LogP contribution is 2.05. The summed E-state index contributed by atoms with van der Waals surface area (Å²) < 4.78 is 4.68. The zero-order valence-electron chi connectivity index (χ0n) is 16.8. The van der Waals surface area contributed by atoms with E-state index in [9.17, 15) is 9.59 Å². The molecule has 2 heterocycles. The van der Waals surface area contributed by atoms with E-state index in [0.29, 0.717) is 18.1 Å². The van der Waals surface area contributed by atoms with E-state index in [1.165, 1.54) is 9.25 Å². The molecule has 3 rings (SSSR count). The first kappa shape index (κ1) is 19.6. The van der Waals surface area contributed by atoms with Crippen LogP contribution in [0.4, 0.5) is 0 Å². The number of benzene rings is 1. The van der Waals surface area contributed by atoms with Crippen LogP contribution in [0.25, 0.3) is 5.69 Å². The van der Waals surface area contributed by atoms with E-state index in [1.807, 2.05) is 54.9 Å². The summed E-state index contributed by atoms with van der Waals surface area (Å²) >= 11 is 0. The molecule has 8 heteroatoms. The molecule has 0 atom stereocenters. The minimum Gasteiger partial charge on any atom is -0.344 e. The van der Waals surface area contributed by atoms with Gasteiger partial charge in [-0.05, 0) is 45.4 Å². The molecule has 1 aromatic carbocycles. The monoisotopic (exact) mass is 382 g/mol. The maximum atomic E-state index is 12.7. The summed E-state index contributed by atoms with van der Waals surface area (Å²) in [6.07, 6.45) is 0.793. The maximum absolute atomic E-state index is 12.7. The van der Waals surface area contributed by atoms with Crippen molar-refractivity contribution in [3.63, 3.8) is 0 Å². The minimum atomic E-state index is -0.312. The van der Waals surface area contributed by atoms with E-state index in [4.69, 9.17) is 0 Å². The van der Waals surface area contributed by atoms with Gasteiger partial charge in [-0.15, -0.1) is 0 Å². The molecule has 0 saturated heterocycles. The van der Waals surface area contributed by atoms with Crippen molar-refractivity contribution in [3.05, 3.63) is 64.1 Å². The Balaban J connectivity index is 1.62. The summed E-state index contributed by atoms with van der Waals surface area (Å²) in [4.78, 5) is 26.9. The molecule has 1 amide bonds. The fourth-order valence-electron chi connectivity index (χ4n) is 3.15. The first-order chi connectivity index (χ1) is 13.4. The molecular weight excluding hydrogens is 356 g/mol. The van der Waals surface area contributed by atoms with Crippen LogP contribution in [-0.4, -0.2) is 48.5 Å². The number of aromatic nitrogens is 5. The number of amides is 1. The number of aryl methyl sites for hydroxylation is 4. The largest absolute Gasteiger partial charge is 0.351 e. The molecule has 0 saturated carbocycles. The topological polar surface area (TPSA) is 78.0 Å². The Kier molecular flexibility index (Phi) is 5.77. The third kappa shape index (κ3) is 4.21. The van der Waals surface area contributed by atoms with Gasteiger partial charge in [0.1, 0.15) is 12.4 Å². The second-order valence-corrected chi connectivity index (χ2v) is 6.98. The van der Waals surface area contributed by atoms with Crippen LogP contribution in [0.5, 0.6) is 0 Å². The number of carbonyl (C=O) groups excluding carboxylic acids is 1. The second kappa shape index (κ2) is 8.24. The zero-order valence-corrected chi connectivity index (χ0v) is 16.8. The average Bonchev–Trinajstić information content (AvgIpc) is 3.14. The normalized spacial score (nSPS) is 11.0. The van der Waals surface area contributed by atoms with Crippen LogP contribution in [0.2, 0.25) is 0 Å². The van der Waals surface area contributed by atoms with Crippen LogP contribution < -0.4 is 5.69 Å². The van der Waals surface area contributed by atoms with Gasteiger partial charge in [0.2, 0.25) is 5.91 Å². The van der Waals surface area contributed by atoms with Crippen LogP contribution >= 0.6 is 0 Å². The van der Waals surface area contributed by atoms with Crippen LogP contribution in [0.1, 0.15) is 23.6 Å². The molecule has 0 bridgehead atoms. The van der Waals surface area contributed by atoms with E-state index >= 15 is 0 Å².